The number of nitrogens with one attached hydrogen (secondary N) is 2. The highest BCUT2D eigenvalue weighted by Crippen LogP contribution is 2.31. The van der Waals surface area contributed by atoms with Crippen LogP contribution in [0, 0.1) is 5.82 Å². The molecule has 26 heavy (non-hydrogen) atoms. The molecule has 0 aliphatic rings. The molecule has 0 spiro atoms. The number of hydrogen-bond acceptors (Lipinski definition) is 5. The van der Waals surface area contributed by atoms with E-state index in [1.54, 1.807) is 31.4 Å². The zero-order chi connectivity index (χ0) is 19.3. The molecule has 0 saturated carbocycles. The third kappa shape index (κ3) is 4.89. The summed E-state index contributed by atoms with van der Waals surface area (Å²) in [6.45, 7) is 3.14. The lowest BCUT2D eigenvalue weighted by Crippen LogP contribution is -2.44. The van der Waals surface area contributed by atoms with Gasteiger partial charge < -0.3 is 10.6 Å². The van der Waals surface area contributed by atoms with Gasteiger partial charge in [-0.25, -0.2) is 12.8 Å². The first-order valence-electron chi connectivity index (χ1n) is 7.83. The molecule has 2 rings (SSSR count). The van der Waals surface area contributed by atoms with E-state index in [4.69, 9.17) is 0 Å². The van der Waals surface area contributed by atoms with E-state index < -0.39 is 32.7 Å². The Morgan fingerprint density at radius 3 is 2.31 bits per heavy atom. The van der Waals surface area contributed by atoms with Crippen LogP contribution < -0.4 is 10.6 Å². The molecule has 1 aromatic carbocycles. The average Bonchev–Trinajstić information content (AvgIpc) is 3.08. The Labute approximate surface area is 155 Å². The number of rotatable bonds is 6. The SMILES string of the molecule is CC(C)NC(=O)C(=O)NC[C@H](c1cccs1)S(=O)(=O)c1ccc(F)cc1. The predicted molar refractivity (Wildman–Crippen MR) is 96.9 cm³/mol. The lowest BCUT2D eigenvalue weighted by atomic mass is 10.3. The molecule has 1 atom stereocenters. The summed E-state index contributed by atoms with van der Waals surface area (Å²) in [5.74, 6) is -2.28. The Morgan fingerprint density at radius 2 is 1.77 bits per heavy atom. The number of thiophene rings is 1. The lowest BCUT2D eigenvalue weighted by molar-refractivity contribution is -0.139. The van der Waals surface area contributed by atoms with Gasteiger partial charge in [-0.05, 0) is 49.6 Å². The van der Waals surface area contributed by atoms with Crippen molar-refractivity contribution in [2.24, 2.45) is 0 Å². The van der Waals surface area contributed by atoms with Crippen LogP contribution in [0.5, 0.6) is 0 Å². The predicted octanol–water partition coefficient (Wildman–Crippen LogP) is 2.04. The Balaban J connectivity index is 2.24. The van der Waals surface area contributed by atoms with Crippen LogP contribution in [0.25, 0.3) is 0 Å². The van der Waals surface area contributed by atoms with Crippen molar-refractivity contribution in [3.05, 3.63) is 52.5 Å². The summed E-state index contributed by atoms with van der Waals surface area (Å²) in [5, 5.41) is 5.44. The maximum Gasteiger partial charge on any atom is 0.309 e. The van der Waals surface area contributed by atoms with Crippen molar-refractivity contribution in [2.75, 3.05) is 6.54 Å². The molecular weight excluding hydrogens is 379 g/mol. The van der Waals surface area contributed by atoms with Crippen molar-refractivity contribution in [3.8, 4) is 0 Å². The Kier molecular flexibility index (Phi) is 6.49. The molecule has 0 saturated heterocycles. The molecule has 140 valence electrons. The Bertz CT molecular complexity index is 863. The second-order valence-corrected chi connectivity index (χ2v) is 8.95. The molecule has 0 aliphatic carbocycles. The van der Waals surface area contributed by atoms with Crippen molar-refractivity contribution in [2.45, 2.75) is 30.0 Å². The molecule has 2 N–H and O–H groups in total. The van der Waals surface area contributed by atoms with Gasteiger partial charge in [-0.1, -0.05) is 6.07 Å². The summed E-state index contributed by atoms with van der Waals surface area (Å²) in [4.78, 5) is 24.1. The van der Waals surface area contributed by atoms with Crippen molar-refractivity contribution < 1.29 is 22.4 Å². The number of sulfone groups is 1. The highest BCUT2D eigenvalue weighted by atomic mass is 32.2. The standard InChI is InChI=1S/C17H19FN2O4S2/c1-11(2)20-17(22)16(21)19-10-15(14-4-3-9-25-14)26(23,24)13-7-5-12(18)6-8-13/h3-9,11,15H,10H2,1-2H3,(H,19,21)(H,20,22)/t15-/m1/s1. The normalized spacial score (nSPS) is 12.6. The summed E-state index contributed by atoms with van der Waals surface area (Å²) in [6.07, 6.45) is 0. The number of hydrogen-bond donors (Lipinski definition) is 2. The molecule has 0 aliphatic heterocycles. The van der Waals surface area contributed by atoms with E-state index in [0.717, 1.165) is 12.1 Å². The summed E-state index contributed by atoms with van der Waals surface area (Å²) >= 11 is 1.22. The van der Waals surface area contributed by atoms with Crippen LogP contribution in [-0.2, 0) is 19.4 Å². The quantitative estimate of drug-likeness (QED) is 0.575. The second-order valence-electron chi connectivity index (χ2n) is 5.84. The van der Waals surface area contributed by atoms with E-state index in [-0.39, 0.29) is 17.5 Å². The Morgan fingerprint density at radius 1 is 1.12 bits per heavy atom. The van der Waals surface area contributed by atoms with Gasteiger partial charge in [0.2, 0.25) is 0 Å². The molecule has 1 heterocycles. The van der Waals surface area contributed by atoms with E-state index in [1.807, 2.05) is 0 Å². The highest BCUT2D eigenvalue weighted by molar-refractivity contribution is 7.91. The molecular formula is C17H19FN2O4S2. The smallest absolute Gasteiger partial charge is 0.309 e. The van der Waals surface area contributed by atoms with Gasteiger partial charge in [0.1, 0.15) is 11.1 Å². The number of amides is 2. The zero-order valence-corrected chi connectivity index (χ0v) is 15.9. The summed E-state index contributed by atoms with van der Waals surface area (Å²) in [6, 6.07) is 7.60. The van der Waals surface area contributed by atoms with Gasteiger partial charge in [0, 0.05) is 17.5 Å². The van der Waals surface area contributed by atoms with Gasteiger partial charge in [0.25, 0.3) is 0 Å². The Hall–Kier alpha value is -2.26. The van der Waals surface area contributed by atoms with E-state index in [2.05, 4.69) is 10.6 Å². The van der Waals surface area contributed by atoms with E-state index in [1.165, 1.54) is 23.5 Å². The largest absolute Gasteiger partial charge is 0.346 e. The van der Waals surface area contributed by atoms with Gasteiger partial charge >= 0.3 is 11.8 Å². The third-order valence-electron chi connectivity index (χ3n) is 3.45. The van der Waals surface area contributed by atoms with Crippen molar-refractivity contribution in [1.82, 2.24) is 10.6 Å². The van der Waals surface area contributed by atoms with Crippen LogP contribution in [0.15, 0.2) is 46.7 Å². The fraction of sp³-hybridized carbons (Fsp3) is 0.294. The van der Waals surface area contributed by atoms with Crippen molar-refractivity contribution in [3.63, 3.8) is 0 Å². The molecule has 1 aromatic heterocycles. The number of carbonyl (C=O) groups is 2. The van der Waals surface area contributed by atoms with Gasteiger partial charge in [-0.2, -0.15) is 0 Å². The molecule has 6 nitrogen and oxygen atoms in total. The number of benzene rings is 1. The van der Waals surface area contributed by atoms with Gasteiger partial charge in [-0.3, -0.25) is 9.59 Å². The van der Waals surface area contributed by atoms with Crippen LogP contribution in [0.2, 0.25) is 0 Å². The zero-order valence-electron chi connectivity index (χ0n) is 14.2. The average molecular weight is 398 g/mol. The van der Waals surface area contributed by atoms with Gasteiger partial charge in [0.05, 0.1) is 4.90 Å². The molecule has 0 unspecified atom stereocenters. The highest BCUT2D eigenvalue weighted by Gasteiger charge is 2.31. The minimum Gasteiger partial charge on any atom is -0.346 e. The second kappa shape index (κ2) is 8.41. The van der Waals surface area contributed by atoms with Crippen LogP contribution in [0.1, 0.15) is 24.0 Å². The first-order chi connectivity index (χ1) is 12.2. The van der Waals surface area contributed by atoms with Crippen molar-refractivity contribution in [1.29, 1.82) is 0 Å². The van der Waals surface area contributed by atoms with Crippen molar-refractivity contribution >= 4 is 33.0 Å². The molecule has 2 aromatic rings. The summed E-state index contributed by atoms with van der Waals surface area (Å²) < 4.78 is 39.0. The van der Waals surface area contributed by atoms with Crippen LogP contribution in [0.3, 0.4) is 0 Å². The van der Waals surface area contributed by atoms with E-state index >= 15 is 0 Å². The van der Waals surface area contributed by atoms with Crippen LogP contribution in [0.4, 0.5) is 4.39 Å². The monoisotopic (exact) mass is 398 g/mol. The summed E-state index contributed by atoms with van der Waals surface area (Å²) in [5.41, 5.74) is 0. The maximum atomic E-state index is 13.1. The molecule has 9 heteroatoms. The van der Waals surface area contributed by atoms with Crippen LogP contribution >= 0.6 is 11.3 Å². The summed E-state index contributed by atoms with van der Waals surface area (Å²) in [7, 11) is -3.89. The number of halogens is 1. The minimum absolute atomic E-state index is 0.0572. The number of carbonyl (C=O) groups excluding carboxylic acids is 2. The first kappa shape index (κ1) is 20.1. The molecule has 0 radical (unpaired) electrons. The lowest BCUT2D eigenvalue weighted by Gasteiger charge is -2.17. The third-order valence-corrected chi connectivity index (χ3v) is 6.69. The fourth-order valence-electron chi connectivity index (χ4n) is 2.22. The molecule has 0 bridgehead atoms. The van der Waals surface area contributed by atoms with Gasteiger partial charge in [-0.15, -0.1) is 11.3 Å². The minimum atomic E-state index is -3.89. The first-order valence-corrected chi connectivity index (χ1v) is 10.3. The maximum absolute atomic E-state index is 13.1. The topological polar surface area (TPSA) is 92.3 Å². The van der Waals surface area contributed by atoms with E-state index in [0.29, 0.717) is 4.88 Å². The molecule has 0 fully saturated rings. The van der Waals surface area contributed by atoms with Crippen LogP contribution in [-0.4, -0.2) is 32.8 Å². The fourth-order valence-corrected chi connectivity index (χ4v) is 5.00. The van der Waals surface area contributed by atoms with E-state index in [9.17, 15) is 22.4 Å². The molecule has 2 amide bonds. The van der Waals surface area contributed by atoms with Gasteiger partial charge in [0.15, 0.2) is 9.84 Å².